The molecule has 1 fully saturated rings. The Morgan fingerprint density at radius 1 is 1.20 bits per heavy atom. The number of hydrogen-bond acceptors (Lipinski definition) is 6. The van der Waals surface area contributed by atoms with Gasteiger partial charge in [-0.2, -0.15) is 5.10 Å². The van der Waals surface area contributed by atoms with Gasteiger partial charge in [0.2, 0.25) is 0 Å². The Hall–Kier alpha value is -2.58. The lowest BCUT2D eigenvalue weighted by atomic mass is 9.99. The van der Waals surface area contributed by atoms with Crippen LogP contribution in [-0.2, 0) is 4.74 Å². The van der Waals surface area contributed by atoms with Crippen LogP contribution in [0.4, 0.5) is 0 Å². The predicted octanol–water partition coefficient (Wildman–Crippen LogP) is 2.47. The molecule has 30 heavy (non-hydrogen) atoms. The van der Waals surface area contributed by atoms with Gasteiger partial charge in [-0.05, 0) is 45.9 Å². The minimum Gasteiger partial charge on any atom is -0.486 e. The van der Waals surface area contributed by atoms with Gasteiger partial charge >= 0.3 is 0 Å². The van der Waals surface area contributed by atoms with Gasteiger partial charge in [0.1, 0.15) is 13.2 Å². The zero-order chi connectivity index (χ0) is 21.3. The summed E-state index contributed by atoms with van der Waals surface area (Å²) in [5.41, 5.74) is 1.81. The molecule has 2 N–H and O–H groups in total. The van der Waals surface area contributed by atoms with Crippen LogP contribution < -0.4 is 14.8 Å². The summed E-state index contributed by atoms with van der Waals surface area (Å²) in [7, 11) is 0. The van der Waals surface area contributed by atoms with E-state index in [1.54, 1.807) is 6.20 Å². The highest BCUT2D eigenvalue weighted by Gasteiger charge is 2.33. The maximum absolute atomic E-state index is 13.0. The van der Waals surface area contributed by atoms with Crippen molar-refractivity contribution in [1.82, 2.24) is 20.4 Å². The Kier molecular flexibility index (Phi) is 5.71. The average Bonchev–Trinajstić information content (AvgIpc) is 3.21. The lowest BCUT2D eigenvalue weighted by Gasteiger charge is -2.45. The van der Waals surface area contributed by atoms with Crippen LogP contribution in [0.25, 0.3) is 11.3 Å². The van der Waals surface area contributed by atoms with Gasteiger partial charge in [0.15, 0.2) is 11.5 Å². The molecule has 162 valence electrons. The first-order valence-electron chi connectivity index (χ1n) is 10.5. The SMILES string of the molecule is CC1CN(C(C)(C)CNC(=O)c2cn[nH]c2-c2ccc3c(c2)OCCO3)CC(C)O1. The van der Waals surface area contributed by atoms with E-state index in [9.17, 15) is 4.79 Å². The van der Waals surface area contributed by atoms with E-state index in [4.69, 9.17) is 14.2 Å². The van der Waals surface area contributed by atoms with Crippen LogP contribution in [0, 0.1) is 0 Å². The Morgan fingerprint density at radius 3 is 2.63 bits per heavy atom. The van der Waals surface area contributed by atoms with E-state index in [1.165, 1.54) is 0 Å². The molecule has 2 unspecified atom stereocenters. The molecule has 0 spiro atoms. The maximum atomic E-state index is 13.0. The third kappa shape index (κ3) is 4.29. The number of nitrogens with zero attached hydrogens (tertiary/aromatic N) is 2. The predicted molar refractivity (Wildman–Crippen MR) is 113 cm³/mol. The molecule has 2 aromatic rings. The zero-order valence-electron chi connectivity index (χ0n) is 18.0. The summed E-state index contributed by atoms with van der Waals surface area (Å²) in [6.45, 7) is 11.7. The van der Waals surface area contributed by atoms with E-state index in [2.05, 4.69) is 48.1 Å². The van der Waals surface area contributed by atoms with E-state index in [1.807, 2.05) is 18.2 Å². The average molecular weight is 415 g/mol. The number of H-pyrrole nitrogens is 1. The molecule has 1 amide bonds. The molecule has 3 heterocycles. The summed E-state index contributed by atoms with van der Waals surface area (Å²) in [5, 5.41) is 10.1. The molecule has 0 saturated carbocycles. The topological polar surface area (TPSA) is 88.7 Å². The van der Waals surface area contributed by atoms with Gasteiger partial charge in [-0.15, -0.1) is 0 Å². The second-order valence-corrected chi connectivity index (χ2v) is 8.67. The Bertz CT molecular complexity index is 900. The highest BCUT2D eigenvalue weighted by atomic mass is 16.6. The van der Waals surface area contributed by atoms with Crippen LogP contribution in [0.1, 0.15) is 38.1 Å². The summed E-state index contributed by atoms with van der Waals surface area (Å²) < 4.78 is 17.1. The first-order valence-corrected chi connectivity index (χ1v) is 10.5. The van der Waals surface area contributed by atoms with Gasteiger partial charge < -0.3 is 19.5 Å². The highest BCUT2D eigenvalue weighted by molar-refractivity contribution is 5.99. The highest BCUT2D eigenvalue weighted by Crippen LogP contribution is 2.34. The summed E-state index contributed by atoms with van der Waals surface area (Å²) in [6.07, 6.45) is 1.92. The molecule has 0 aliphatic carbocycles. The quantitative estimate of drug-likeness (QED) is 0.781. The molecule has 4 rings (SSSR count). The van der Waals surface area contributed by atoms with Gasteiger partial charge in [-0.3, -0.25) is 14.8 Å². The molecule has 2 aliphatic heterocycles. The van der Waals surface area contributed by atoms with Gasteiger partial charge in [-0.25, -0.2) is 0 Å². The first-order chi connectivity index (χ1) is 14.3. The Labute approximate surface area is 176 Å². The number of hydrogen-bond donors (Lipinski definition) is 2. The van der Waals surface area contributed by atoms with E-state index >= 15 is 0 Å². The first kappa shape index (κ1) is 20.7. The number of aromatic nitrogens is 2. The number of rotatable bonds is 5. The van der Waals surface area contributed by atoms with Crippen molar-refractivity contribution < 1.29 is 19.0 Å². The summed E-state index contributed by atoms with van der Waals surface area (Å²) in [4.78, 5) is 15.4. The van der Waals surface area contributed by atoms with Gasteiger partial charge in [-0.1, -0.05) is 0 Å². The molecule has 1 saturated heterocycles. The van der Waals surface area contributed by atoms with Crippen molar-refractivity contribution in [3.63, 3.8) is 0 Å². The molecule has 0 radical (unpaired) electrons. The maximum Gasteiger partial charge on any atom is 0.255 e. The van der Waals surface area contributed by atoms with E-state index < -0.39 is 0 Å². The van der Waals surface area contributed by atoms with Crippen LogP contribution in [0.5, 0.6) is 11.5 Å². The fraction of sp³-hybridized carbons (Fsp3) is 0.545. The summed E-state index contributed by atoms with van der Waals surface area (Å²) >= 11 is 0. The third-order valence-corrected chi connectivity index (χ3v) is 5.67. The molecule has 2 aliphatic rings. The molecular formula is C22H30N4O4. The molecule has 0 bridgehead atoms. The molecule has 8 nitrogen and oxygen atoms in total. The summed E-state index contributed by atoms with van der Waals surface area (Å²) in [6, 6.07) is 5.63. The van der Waals surface area contributed by atoms with Gasteiger partial charge in [0, 0.05) is 30.7 Å². The monoisotopic (exact) mass is 414 g/mol. The smallest absolute Gasteiger partial charge is 0.255 e. The third-order valence-electron chi connectivity index (χ3n) is 5.67. The number of carbonyl (C=O) groups excluding carboxylic acids is 1. The minimum absolute atomic E-state index is 0.156. The van der Waals surface area contributed by atoms with Crippen molar-refractivity contribution in [1.29, 1.82) is 0 Å². The zero-order valence-corrected chi connectivity index (χ0v) is 18.0. The molecule has 1 aromatic carbocycles. The number of morpholine rings is 1. The van der Waals surface area contributed by atoms with Crippen molar-refractivity contribution in [3.8, 4) is 22.8 Å². The van der Waals surface area contributed by atoms with E-state index in [0.29, 0.717) is 42.5 Å². The number of ether oxygens (including phenoxy) is 3. The standard InChI is InChI=1S/C22H30N4O4/c1-14-11-26(12-15(2)30-14)22(3,4)13-23-21(27)17-10-24-25-20(17)16-5-6-18-19(9-16)29-8-7-28-18/h5-6,9-10,14-15H,7-8,11-13H2,1-4H3,(H,23,27)(H,24,25). The van der Waals surface area contributed by atoms with Crippen LogP contribution >= 0.6 is 0 Å². The fourth-order valence-corrected chi connectivity index (χ4v) is 4.05. The van der Waals surface area contributed by atoms with Crippen molar-refractivity contribution in [2.45, 2.75) is 45.4 Å². The van der Waals surface area contributed by atoms with E-state index in [0.717, 1.165) is 18.7 Å². The Morgan fingerprint density at radius 2 is 1.90 bits per heavy atom. The van der Waals surface area contributed by atoms with Crippen LogP contribution in [0.15, 0.2) is 24.4 Å². The number of amides is 1. The van der Waals surface area contributed by atoms with Crippen LogP contribution in [0.2, 0.25) is 0 Å². The van der Waals surface area contributed by atoms with Crippen molar-refractivity contribution in [2.24, 2.45) is 0 Å². The molecule has 2 atom stereocenters. The largest absolute Gasteiger partial charge is 0.486 e. The Balaban J connectivity index is 1.46. The van der Waals surface area contributed by atoms with Crippen molar-refractivity contribution >= 4 is 5.91 Å². The molecule has 1 aromatic heterocycles. The second-order valence-electron chi connectivity index (χ2n) is 8.67. The fourth-order valence-electron chi connectivity index (χ4n) is 4.05. The molecular weight excluding hydrogens is 384 g/mol. The number of nitrogens with one attached hydrogen (secondary N) is 2. The number of fused-ring (bicyclic) bond motifs is 1. The normalized spacial score (nSPS) is 22.0. The van der Waals surface area contributed by atoms with Crippen molar-refractivity contribution in [2.75, 3.05) is 32.8 Å². The lowest BCUT2D eigenvalue weighted by Crippen LogP contribution is -2.58. The van der Waals surface area contributed by atoms with Crippen LogP contribution in [0.3, 0.4) is 0 Å². The number of aromatic amines is 1. The van der Waals surface area contributed by atoms with Gasteiger partial charge in [0.05, 0.1) is 29.7 Å². The minimum atomic E-state index is -0.192. The van der Waals surface area contributed by atoms with Crippen molar-refractivity contribution in [3.05, 3.63) is 30.0 Å². The number of carbonyl (C=O) groups is 1. The van der Waals surface area contributed by atoms with Crippen LogP contribution in [-0.4, -0.2) is 71.6 Å². The summed E-state index contributed by atoms with van der Waals surface area (Å²) in [5.74, 6) is 1.23. The number of benzene rings is 1. The molecule has 8 heteroatoms. The lowest BCUT2D eigenvalue weighted by molar-refractivity contribution is -0.0948. The van der Waals surface area contributed by atoms with E-state index in [-0.39, 0.29) is 23.7 Å². The van der Waals surface area contributed by atoms with Gasteiger partial charge in [0.25, 0.3) is 5.91 Å². The second kappa shape index (κ2) is 8.28.